The van der Waals surface area contributed by atoms with Crippen LogP contribution in [0.2, 0.25) is 0 Å². The first-order valence-electron chi connectivity index (χ1n) is 9.27. The zero-order valence-corrected chi connectivity index (χ0v) is 17.0. The molecule has 1 aliphatic carbocycles. The van der Waals surface area contributed by atoms with Gasteiger partial charge in [-0.1, -0.05) is 12.1 Å². The van der Waals surface area contributed by atoms with E-state index in [1.54, 1.807) is 11.3 Å². The third-order valence-electron chi connectivity index (χ3n) is 5.32. The molecule has 0 radical (unpaired) electrons. The molecule has 1 aliphatic heterocycles. The van der Waals surface area contributed by atoms with Gasteiger partial charge in [-0.3, -0.25) is 4.90 Å². The molecule has 0 N–H and O–H groups in total. The van der Waals surface area contributed by atoms with Gasteiger partial charge in [0.1, 0.15) is 5.82 Å². The van der Waals surface area contributed by atoms with E-state index in [1.807, 2.05) is 11.3 Å². The van der Waals surface area contributed by atoms with E-state index in [0.717, 1.165) is 30.2 Å². The van der Waals surface area contributed by atoms with Crippen molar-refractivity contribution in [2.24, 2.45) is 0 Å². The van der Waals surface area contributed by atoms with Crippen LogP contribution in [0.25, 0.3) is 0 Å². The van der Waals surface area contributed by atoms with Crippen molar-refractivity contribution in [3.63, 3.8) is 0 Å². The van der Waals surface area contributed by atoms with Gasteiger partial charge >= 0.3 is 0 Å². The molecular formula is C19H22N4S3. The Bertz CT molecular complexity index is 919. The minimum absolute atomic E-state index is 0.517. The van der Waals surface area contributed by atoms with E-state index in [0.29, 0.717) is 12.1 Å². The summed E-state index contributed by atoms with van der Waals surface area (Å²) in [5.41, 5.74) is 0. The largest absolute Gasteiger partial charge is 0.301 e. The van der Waals surface area contributed by atoms with E-state index >= 15 is 0 Å². The van der Waals surface area contributed by atoms with Crippen molar-refractivity contribution in [3.8, 4) is 0 Å². The molecule has 3 aromatic rings. The Labute approximate surface area is 166 Å². The van der Waals surface area contributed by atoms with Crippen molar-refractivity contribution in [1.29, 1.82) is 0 Å². The van der Waals surface area contributed by atoms with Crippen molar-refractivity contribution in [2.45, 2.75) is 50.9 Å². The topological polar surface area (TPSA) is 26.0 Å². The molecule has 4 nitrogen and oxygen atoms in total. The minimum Gasteiger partial charge on any atom is -0.301 e. The summed E-state index contributed by atoms with van der Waals surface area (Å²) in [5.74, 6) is 1.13. The van der Waals surface area contributed by atoms with E-state index in [9.17, 15) is 0 Å². The second kappa shape index (κ2) is 7.03. The van der Waals surface area contributed by atoms with Crippen molar-refractivity contribution >= 4 is 34.9 Å². The normalized spacial score (nSPS) is 20.8. The summed E-state index contributed by atoms with van der Waals surface area (Å²) in [6.45, 7) is 1.93. The van der Waals surface area contributed by atoms with Crippen LogP contribution in [0.5, 0.6) is 0 Å². The Kier molecular flexibility index (Phi) is 4.56. The highest BCUT2D eigenvalue weighted by Gasteiger charge is 2.31. The van der Waals surface area contributed by atoms with Crippen molar-refractivity contribution in [3.05, 3.63) is 55.4 Å². The monoisotopic (exact) mass is 402 g/mol. The molecule has 2 fully saturated rings. The summed E-state index contributed by atoms with van der Waals surface area (Å²) in [4.78, 5) is 5.37. The Morgan fingerprint density at radius 3 is 2.69 bits per heavy atom. The lowest BCUT2D eigenvalue weighted by Gasteiger charge is -2.23. The average Bonchev–Trinajstić information content (AvgIpc) is 3.11. The van der Waals surface area contributed by atoms with Gasteiger partial charge in [0, 0.05) is 34.8 Å². The molecule has 0 bridgehead atoms. The van der Waals surface area contributed by atoms with Crippen LogP contribution >= 0.6 is 34.9 Å². The zero-order chi connectivity index (χ0) is 17.5. The van der Waals surface area contributed by atoms with Crippen LogP contribution in [0.1, 0.15) is 53.3 Å². The van der Waals surface area contributed by atoms with Crippen LogP contribution in [0.15, 0.2) is 35.0 Å². The molecule has 2 aliphatic rings. The summed E-state index contributed by atoms with van der Waals surface area (Å²) < 4.78 is 5.30. The zero-order valence-electron chi connectivity index (χ0n) is 14.6. The molecule has 26 heavy (non-hydrogen) atoms. The lowest BCUT2D eigenvalue weighted by molar-refractivity contribution is 0.191. The van der Waals surface area contributed by atoms with Crippen LogP contribution in [-0.2, 0) is 13.1 Å². The first kappa shape index (κ1) is 16.9. The van der Waals surface area contributed by atoms with Gasteiger partial charge < -0.3 is 4.57 Å². The molecule has 3 aromatic heterocycles. The molecule has 1 atom stereocenters. The van der Waals surface area contributed by atoms with E-state index in [2.05, 4.69) is 49.2 Å². The number of likely N-dealkylation sites (tertiary alicyclic amines) is 1. The summed E-state index contributed by atoms with van der Waals surface area (Å²) in [6, 6.07) is 9.81. The SMILES string of the molecule is S=c1n(CN2CCCC2c2cccs2)nc(Cc2cccs2)n1C1CC1. The quantitative estimate of drug-likeness (QED) is 0.526. The fourth-order valence-corrected chi connectivity index (χ4v) is 5.87. The number of aromatic nitrogens is 3. The highest BCUT2D eigenvalue weighted by molar-refractivity contribution is 7.71. The molecule has 7 heteroatoms. The van der Waals surface area contributed by atoms with Gasteiger partial charge in [0.15, 0.2) is 4.77 Å². The fraction of sp³-hybridized carbons (Fsp3) is 0.474. The molecule has 1 saturated heterocycles. The Hall–Kier alpha value is -1.28. The van der Waals surface area contributed by atoms with Gasteiger partial charge in [-0.05, 0) is 60.8 Å². The van der Waals surface area contributed by atoms with E-state index in [-0.39, 0.29) is 0 Å². The summed E-state index contributed by atoms with van der Waals surface area (Å²) >= 11 is 9.50. The Balaban J connectivity index is 1.43. The third-order valence-corrected chi connectivity index (χ3v) is 7.57. The van der Waals surface area contributed by atoms with Gasteiger partial charge in [0.05, 0.1) is 6.67 Å². The standard InChI is InChI=1S/C19H22N4S3/c24-19-22(13-21-9-1-5-16(21)17-6-3-11-26-17)20-18(23(19)14-7-8-14)12-15-4-2-10-25-15/h2-4,6,10-11,14,16H,1,5,7-9,12-13H2. The number of rotatable bonds is 6. The predicted molar refractivity (Wildman–Crippen MR) is 109 cm³/mol. The second-order valence-electron chi connectivity index (χ2n) is 7.18. The molecule has 0 aromatic carbocycles. The maximum Gasteiger partial charge on any atom is 0.199 e. The summed E-state index contributed by atoms with van der Waals surface area (Å²) in [7, 11) is 0. The van der Waals surface area contributed by atoms with E-state index in [1.165, 1.54) is 35.4 Å². The number of hydrogen-bond donors (Lipinski definition) is 0. The maximum atomic E-state index is 5.84. The smallest absolute Gasteiger partial charge is 0.199 e. The van der Waals surface area contributed by atoms with Crippen LogP contribution in [0, 0.1) is 4.77 Å². The van der Waals surface area contributed by atoms with E-state index < -0.39 is 0 Å². The molecule has 0 spiro atoms. The fourth-order valence-electron chi connectivity index (χ4n) is 3.92. The molecule has 136 valence electrons. The van der Waals surface area contributed by atoms with Crippen LogP contribution in [0.4, 0.5) is 0 Å². The lowest BCUT2D eigenvalue weighted by Crippen LogP contribution is -2.26. The Morgan fingerprint density at radius 1 is 1.12 bits per heavy atom. The number of hydrogen-bond acceptors (Lipinski definition) is 5. The van der Waals surface area contributed by atoms with Crippen LogP contribution < -0.4 is 0 Å². The van der Waals surface area contributed by atoms with Crippen molar-refractivity contribution in [2.75, 3.05) is 6.54 Å². The summed E-state index contributed by atoms with van der Waals surface area (Å²) in [6.07, 6.45) is 5.84. The highest BCUT2D eigenvalue weighted by atomic mass is 32.1. The number of thiophene rings is 2. The first-order chi connectivity index (χ1) is 12.8. The highest BCUT2D eigenvalue weighted by Crippen LogP contribution is 2.38. The molecule has 0 amide bonds. The van der Waals surface area contributed by atoms with Crippen LogP contribution in [0.3, 0.4) is 0 Å². The first-order valence-corrected chi connectivity index (χ1v) is 11.4. The third kappa shape index (κ3) is 3.22. The van der Waals surface area contributed by atoms with Gasteiger partial charge in [0.2, 0.25) is 0 Å². The maximum absolute atomic E-state index is 5.84. The van der Waals surface area contributed by atoms with Crippen molar-refractivity contribution in [1.82, 2.24) is 19.2 Å². The minimum atomic E-state index is 0.517. The van der Waals surface area contributed by atoms with Gasteiger partial charge in [-0.2, -0.15) is 5.10 Å². The van der Waals surface area contributed by atoms with Gasteiger partial charge in [0.25, 0.3) is 0 Å². The molecular weight excluding hydrogens is 380 g/mol. The predicted octanol–water partition coefficient (Wildman–Crippen LogP) is 5.26. The average molecular weight is 403 g/mol. The number of nitrogens with zero attached hydrogens (tertiary/aromatic N) is 4. The summed E-state index contributed by atoms with van der Waals surface area (Å²) in [5, 5.41) is 9.29. The van der Waals surface area contributed by atoms with E-state index in [4.69, 9.17) is 17.3 Å². The molecule has 5 rings (SSSR count). The lowest BCUT2D eigenvalue weighted by atomic mass is 10.2. The Morgan fingerprint density at radius 2 is 1.96 bits per heavy atom. The second-order valence-corrected chi connectivity index (χ2v) is 9.56. The van der Waals surface area contributed by atoms with Gasteiger partial charge in [-0.25, -0.2) is 4.68 Å². The molecule has 4 heterocycles. The molecule has 1 saturated carbocycles. The molecule has 1 unspecified atom stereocenters. The van der Waals surface area contributed by atoms with Crippen LogP contribution in [-0.4, -0.2) is 25.8 Å². The van der Waals surface area contributed by atoms with Gasteiger partial charge in [-0.15, -0.1) is 22.7 Å². The van der Waals surface area contributed by atoms with Crippen molar-refractivity contribution < 1.29 is 0 Å².